The lowest BCUT2D eigenvalue weighted by atomic mass is 10.1. The van der Waals surface area contributed by atoms with Crippen molar-refractivity contribution >= 4 is 27.5 Å². The summed E-state index contributed by atoms with van der Waals surface area (Å²) in [4.78, 5) is 0. The number of rotatable bonds is 3. The highest BCUT2D eigenvalue weighted by atomic mass is 79.9. The molecule has 0 radical (unpaired) electrons. The summed E-state index contributed by atoms with van der Waals surface area (Å²) in [5, 5.41) is 4.39. The predicted molar refractivity (Wildman–Crippen MR) is 72.8 cm³/mol. The fourth-order valence-electron chi connectivity index (χ4n) is 2.30. The van der Waals surface area contributed by atoms with Gasteiger partial charge in [-0.25, -0.2) is 0 Å². The van der Waals surface area contributed by atoms with Gasteiger partial charge in [-0.3, -0.25) is 0 Å². The first-order valence-corrected chi connectivity index (χ1v) is 6.99. The van der Waals surface area contributed by atoms with E-state index in [4.69, 9.17) is 11.6 Å². The van der Waals surface area contributed by atoms with E-state index in [9.17, 15) is 0 Å². The third-order valence-corrected chi connectivity index (χ3v) is 4.49. The van der Waals surface area contributed by atoms with E-state index in [-0.39, 0.29) is 0 Å². The SMILES string of the molecule is CC1CCC(NCc2ccc(Cl)c(Br)c2)C1. The van der Waals surface area contributed by atoms with Crippen LogP contribution < -0.4 is 5.32 Å². The first-order valence-electron chi connectivity index (χ1n) is 5.82. The van der Waals surface area contributed by atoms with Crippen molar-refractivity contribution in [3.63, 3.8) is 0 Å². The molecule has 0 amide bonds. The van der Waals surface area contributed by atoms with Crippen LogP contribution in [0.4, 0.5) is 0 Å². The van der Waals surface area contributed by atoms with Crippen molar-refractivity contribution in [1.29, 1.82) is 0 Å². The van der Waals surface area contributed by atoms with Crippen molar-refractivity contribution in [3.05, 3.63) is 33.3 Å². The molecule has 1 nitrogen and oxygen atoms in total. The Labute approximate surface area is 111 Å². The highest BCUT2D eigenvalue weighted by Crippen LogP contribution is 2.26. The van der Waals surface area contributed by atoms with E-state index < -0.39 is 0 Å². The van der Waals surface area contributed by atoms with E-state index in [1.165, 1.54) is 24.8 Å². The van der Waals surface area contributed by atoms with Crippen LogP contribution >= 0.6 is 27.5 Å². The second-order valence-electron chi connectivity index (χ2n) is 4.74. The molecule has 1 aliphatic carbocycles. The zero-order valence-electron chi connectivity index (χ0n) is 9.47. The molecule has 2 rings (SSSR count). The Morgan fingerprint density at radius 2 is 2.25 bits per heavy atom. The quantitative estimate of drug-likeness (QED) is 0.873. The zero-order chi connectivity index (χ0) is 11.5. The summed E-state index contributed by atoms with van der Waals surface area (Å²) in [5.74, 6) is 0.884. The molecule has 0 heterocycles. The van der Waals surface area contributed by atoms with Gasteiger partial charge in [-0.1, -0.05) is 24.6 Å². The van der Waals surface area contributed by atoms with E-state index in [1.54, 1.807) is 0 Å². The molecule has 2 atom stereocenters. The van der Waals surface area contributed by atoms with Gasteiger partial charge >= 0.3 is 0 Å². The maximum atomic E-state index is 5.96. The average molecular weight is 303 g/mol. The van der Waals surface area contributed by atoms with Crippen LogP contribution in [0.2, 0.25) is 5.02 Å². The van der Waals surface area contributed by atoms with Gasteiger partial charge in [-0.05, 0) is 58.8 Å². The molecule has 2 unspecified atom stereocenters. The molecule has 16 heavy (non-hydrogen) atoms. The van der Waals surface area contributed by atoms with Gasteiger partial charge in [0.25, 0.3) is 0 Å². The molecule has 1 fully saturated rings. The lowest BCUT2D eigenvalue weighted by Crippen LogP contribution is -2.25. The molecule has 1 saturated carbocycles. The Hall–Kier alpha value is -0.0500. The maximum Gasteiger partial charge on any atom is 0.0548 e. The van der Waals surface area contributed by atoms with Crippen LogP contribution in [-0.4, -0.2) is 6.04 Å². The monoisotopic (exact) mass is 301 g/mol. The second kappa shape index (κ2) is 5.52. The standard InChI is InChI=1S/C13H17BrClN/c1-9-2-4-11(6-9)16-8-10-3-5-13(15)12(14)7-10/h3,5,7,9,11,16H,2,4,6,8H2,1H3. The number of hydrogen-bond acceptors (Lipinski definition) is 1. The van der Waals surface area contributed by atoms with Crippen molar-refractivity contribution in [2.45, 2.75) is 38.8 Å². The molecule has 3 heteroatoms. The summed E-state index contributed by atoms with van der Waals surface area (Å²) >= 11 is 9.41. The Balaban J connectivity index is 1.87. The molecule has 1 N–H and O–H groups in total. The minimum absolute atomic E-state index is 0.699. The van der Waals surface area contributed by atoms with E-state index >= 15 is 0 Å². The van der Waals surface area contributed by atoms with Gasteiger partial charge in [0.2, 0.25) is 0 Å². The normalized spacial score (nSPS) is 24.9. The second-order valence-corrected chi connectivity index (χ2v) is 6.01. The van der Waals surface area contributed by atoms with Gasteiger partial charge in [0.05, 0.1) is 5.02 Å². The third-order valence-electron chi connectivity index (χ3n) is 3.27. The van der Waals surface area contributed by atoms with Crippen LogP contribution in [0.5, 0.6) is 0 Å². The Kier molecular flexibility index (Phi) is 4.28. The first-order chi connectivity index (χ1) is 7.65. The summed E-state index contributed by atoms with van der Waals surface area (Å²) < 4.78 is 0.980. The number of hydrogen-bond donors (Lipinski definition) is 1. The van der Waals surface area contributed by atoms with Gasteiger partial charge in [-0.2, -0.15) is 0 Å². The number of halogens is 2. The number of benzene rings is 1. The van der Waals surface area contributed by atoms with Crippen molar-refractivity contribution in [3.8, 4) is 0 Å². The summed E-state index contributed by atoms with van der Waals surface area (Å²) in [5.41, 5.74) is 1.29. The fraction of sp³-hybridized carbons (Fsp3) is 0.538. The Bertz CT molecular complexity index is 367. The zero-order valence-corrected chi connectivity index (χ0v) is 11.8. The van der Waals surface area contributed by atoms with Gasteiger partial charge in [0.15, 0.2) is 0 Å². The Morgan fingerprint density at radius 3 is 2.88 bits per heavy atom. The lowest BCUT2D eigenvalue weighted by molar-refractivity contribution is 0.502. The highest BCUT2D eigenvalue weighted by molar-refractivity contribution is 9.10. The van der Waals surface area contributed by atoms with Crippen LogP contribution in [0.25, 0.3) is 0 Å². The molecule has 1 aliphatic rings. The minimum atomic E-state index is 0.699. The largest absolute Gasteiger partial charge is 0.310 e. The molecular formula is C13H17BrClN. The van der Waals surface area contributed by atoms with E-state index in [0.717, 1.165) is 22.0 Å². The van der Waals surface area contributed by atoms with Gasteiger partial charge in [0.1, 0.15) is 0 Å². The number of nitrogens with one attached hydrogen (secondary N) is 1. The van der Waals surface area contributed by atoms with Gasteiger partial charge in [-0.15, -0.1) is 0 Å². The molecule has 0 saturated heterocycles. The Morgan fingerprint density at radius 1 is 1.44 bits per heavy atom. The molecule has 0 aliphatic heterocycles. The fourth-order valence-corrected chi connectivity index (χ4v) is 2.85. The van der Waals surface area contributed by atoms with Crippen molar-refractivity contribution in [2.24, 2.45) is 5.92 Å². The third kappa shape index (κ3) is 3.22. The molecular weight excluding hydrogens is 286 g/mol. The van der Waals surface area contributed by atoms with E-state index in [2.05, 4.69) is 40.3 Å². The van der Waals surface area contributed by atoms with Crippen LogP contribution in [-0.2, 0) is 6.54 Å². The lowest BCUT2D eigenvalue weighted by Gasteiger charge is -2.12. The summed E-state index contributed by atoms with van der Waals surface area (Å²) in [6.07, 6.45) is 3.99. The van der Waals surface area contributed by atoms with Crippen LogP contribution in [0, 0.1) is 5.92 Å². The minimum Gasteiger partial charge on any atom is -0.310 e. The van der Waals surface area contributed by atoms with E-state index in [0.29, 0.717) is 6.04 Å². The molecule has 0 spiro atoms. The summed E-state index contributed by atoms with van der Waals surface area (Å²) in [6.45, 7) is 3.27. The van der Waals surface area contributed by atoms with Crippen LogP contribution in [0.3, 0.4) is 0 Å². The van der Waals surface area contributed by atoms with Crippen molar-refractivity contribution in [1.82, 2.24) is 5.32 Å². The molecule has 0 bridgehead atoms. The highest BCUT2D eigenvalue weighted by Gasteiger charge is 2.20. The smallest absolute Gasteiger partial charge is 0.0548 e. The average Bonchev–Trinajstić information content (AvgIpc) is 2.66. The molecule has 1 aromatic carbocycles. The van der Waals surface area contributed by atoms with Gasteiger partial charge < -0.3 is 5.32 Å². The maximum absolute atomic E-state index is 5.96. The molecule has 1 aromatic rings. The van der Waals surface area contributed by atoms with Crippen molar-refractivity contribution in [2.75, 3.05) is 0 Å². The molecule has 88 valence electrons. The molecule has 0 aromatic heterocycles. The summed E-state index contributed by atoms with van der Waals surface area (Å²) in [7, 11) is 0. The first kappa shape index (κ1) is 12.4. The van der Waals surface area contributed by atoms with Crippen LogP contribution in [0.1, 0.15) is 31.7 Å². The van der Waals surface area contributed by atoms with E-state index in [1.807, 2.05) is 6.07 Å². The van der Waals surface area contributed by atoms with Crippen LogP contribution in [0.15, 0.2) is 22.7 Å². The topological polar surface area (TPSA) is 12.0 Å². The predicted octanol–water partition coefficient (Wildman–Crippen LogP) is 4.38. The van der Waals surface area contributed by atoms with Gasteiger partial charge in [0, 0.05) is 17.1 Å². The van der Waals surface area contributed by atoms with Crippen molar-refractivity contribution < 1.29 is 0 Å². The summed E-state index contributed by atoms with van der Waals surface area (Å²) in [6, 6.07) is 6.82.